The number of hydrogen-bond donors (Lipinski definition) is 1. The molecule has 0 aromatic heterocycles. The third kappa shape index (κ3) is 2.82. The smallest absolute Gasteiger partial charge is 0.196 e. The topological polar surface area (TPSA) is 21.3 Å². The average molecular weight is 302 g/mol. The molecule has 0 bridgehead atoms. The van der Waals surface area contributed by atoms with Crippen LogP contribution in [0.15, 0.2) is 30.3 Å². The lowest BCUT2D eigenvalue weighted by Crippen LogP contribution is -2.05. The van der Waals surface area contributed by atoms with Gasteiger partial charge in [-0.25, -0.2) is 13.2 Å². The van der Waals surface area contributed by atoms with Crippen LogP contribution in [0.1, 0.15) is 5.56 Å². The van der Waals surface area contributed by atoms with Crippen molar-refractivity contribution in [1.82, 2.24) is 0 Å². The van der Waals surface area contributed by atoms with Crippen LogP contribution in [0.25, 0.3) is 0 Å². The van der Waals surface area contributed by atoms with Crippen LogP contribution < -0.4 is 10.1 Å². The summed E-state index contributed by atoms with van der Waals surface area (Å²) in [5.41, 5.74) is 0.451. The van der Waals surface area contributed by atoms with Gasteiger partial charge in [-0.2, -0.15) is 0 Å². The Balaban J connectivity index is 2.24. The van der Waals surface area contributed by atoms with E-state index in [1.807, 2.05) is 0 Å². The molecule has 2 aromatic rings. The van der Waals surface area contributed by atoms with E-state index in [9.17, 15) is 13.2 Å². The van der Waals surface area contributed by atoms with Gasteiger partial charge >= 0.3 is 0 Å². The molecule has 0 saturated carbocycles. The van der Waals surface area contributed by atoms with E-state index >= 15 is 0 Å². The average Bonchev–Trinajstić information content (AvgIpc) is 2.45. The molecule has 0 aliphatic carbocycles. The lowest BCUT2D eigenvalue weighted by Gasteiger charge is -2.13. The van der Waals surface area contributed by atoms with Gasteiger partial charge in [0.25, 0.3) is 0 Å². The maximum Gasteiger partial charge on any atom is 0.196 e. The van der Waals surface area contributed by atoms with Crippen molar-refractivity contribution in [3.8, 4) is 5.75 Å². The van der Waals surface area contributed by atoms with Crippen LogP contribution >= 0.6 is 11.6 Å². The van der Waals surface area contributed by atoms with E-state index in [2.05, 4.69) is 5.32 Å². The van der Waals surface area contributed by atoms with E-state index in [-0.39, 0.29) is 12.2 Å². The highest BCUT2D eigenvalue weighted by atomic mass is 35.5. The van der Waals surface area contributed by atoms with Crippen LogP contribution in [0.5, 0.6) is 5.75 Å². The zero-order valence-corrected chi connectivity index (χ0v) is 11.3. The van der Waals surface area contributed by atoms with E-state index in [4.69, 9.17) is 16.3 Å². The van der Waals surface area contributed by atoms with Crippen LogP contribution in [0, 0.1) is 17.5 Å². The zero-order chi connectivity index (χ0) is 14.7. The molecule has 0 aliphatic heterocycles. The Bertz CT molecular complexity index is 634. The fraction of sp³-hybridized carbons (Fsp3) is 0.143. The molecule has 1 N–H and O–H groups in total. The van der Waals surface area contributed by atoms with Gasteiger partial charge in [-0.15, -0.1) is 0 Å². The highest BCUT2D eigenvalue weighted by Crippen LogP contribution is 2.28. The summed E-state index contributed by atoms with van der Waals surface area (Å²) in [6.07, 6.45) is 0. The van der Waals surface area contributed by atoms with Crippen molar-refractivity contribution in [2.24, 2.45) is 0 Å². The molecule has 0 amide bonds. The molecule has 20 heavy (non-hydrogen) atoms. The Morgan fingerprint density at radius 1 is 1.10 bits per heavy atom. The number of methoxy groups -OCH3 is 1. The van der Waals surface area contributed by atoms with Crippen molar-refractivity contribution in [2.45, 2.75) is 6.54 Å². The largest absolute Gasteiger partial charge is 0.496 e. The molecule has 0 unspecified atom stereocenters. The maximum absolute atomic E-state index is 13.5. The highest BCUT2D eigenvalue weighted by molar-refractivity contribution is 6.31. The molecule has 2 aromatic carbocycles. The monoisotopic (exact) mass is 301 g/mol. The molecule has 6 heteroatoms. The normalized spacial score (nSPS) is 10.4. The number of nitrogens with one attached hydrogen (secondary N) is 1. The van der Waals surface area contributed by atoms with Crippen molar-refractivity contribution in [2.75, 3.05) is 12.4 Å². The fourth-order valence-corrected chi connectivity index (χ4v) is 1.98. The van der Waals surface area contributed by atoms with Gasteiger partial charge < -0.3 is 10.1 Å². The van der Waals surface area contributed by atoms with Crippen molar-refractivity contribution in [1.29, 1.82) is 0 Å². The molecule has 0 saturated heterocycles. The van der Waals surface area contributed by atoms with E-state index in [1.54, 1.807) is 18.2 Å². The number of hydrogen-bond acceptors (Lipinski definition) is 2. The Labute approximate surface area is 119 Å². The first-order valence-electron chi connectivity index (χ1n) is 5.73. The Kier molecular flexibility index (Phi) is 4.39. The van der Waals surface area contributed by atoms with Crippen LogP contribution in [-0.2, 0) is 6.54 Å². The maximum atomic E-state index is 13.5. The summed E-state index contributed by atoms with van der Waals surface area (Å²) in [6, 6.07) is 7.04. The summed E-state index contributed by atoms with van der Waals surface area (Å²) in [5, 5.41) is 3.10. The minimum absolute atomic E-state index is 0.116. The molecule has 2 rings (SSSR count). The van der Waals surface area contributed by atoms with Crippen LogP contribution in [0.2, 0.25) is 5.02 Å². The molecule has 0 spiro atoms. The Hall–Kier alpha value is -1.88. The predicted octanol–water partition coefficient (Wildman–Crippen LogP) is 4.38. The quantitative estimate of drug-likeness (QED) is 0.846. The number of halogens is 4. The second-order valence-electron chi connectivity index (χ2n) is 4.00. The predicted molar refractivity (Wildman–Crippen MR) is 71.6 cm³/mol. The molecule has 0 heterocycles. The lowest BCUT2D eigenvalue weighted by molar-refractivity contribution is 0.410. The zero-order valence-electron chi connectivity index (χ0n) is 10.5. The second kappa shape index (κ2) is 6.05. The molecule has 0 aliphatic rings. The van der Waals surface area contributed by atoms with E-state index in [0.29, 0.717) is 16.3 Å². The lowest BCUT2D eigenvalue weighted by atomic mass is 10.2. The minimum Gasteiger partial charge on any atom is -0.496 e. The Morgan fingerprint density at radius 3 is 2.55 bits per heavy atom. The fourth-order valence-electron chi connectivity index (χ4n) is 1.75. The van der Waals surface area contributed by atoms with Gasteiger partial charge in [0, 0.05) is 17.1 Å². The highest BCUT2D eigenvalue weighted by Gasteiger charge is 2.14. The van der Waals surface area contributed by atoms with Crippen molar-refractivity contribution >= 4 is 17.3 Å². The molecule has 106 valence electrons. The van der Waals surface area contributed by atoms with Crippen LogP contribution in [-0.4, -0.2) is 7.11 Å². The van der Waals surface area contributed by atoms with E-state index in [0.717, 1.165) is 12.1 Å². The number of rotatable bonds is 4. The first-order valence-corrected chi connectivity index (χ1v) is 6.11. The van der Waals surface area contributed by atoms with Crippen LogP contribution in [0.3, 0.4) is 0 Å². The first-order chi connectivity index (χ1) is 9.54. The summed E-state index contributed by atoms with van der Waals surface area (Å²) in [5.74, 6) is -3.49. The number of ether oxygens (including phenoxy) is 1. The summed E-state index contributed by atoms with van der Waals surface area (Å²) >= 11 is 6.02. The van der Waals surface area contributed by atoms with Gasteiger partial charge in [-0.05, 0) is 24.3 Å². The van der Waals surface area contributed by atoms with Crippen molar-refractivity contribution < 1.29 is 17.9 Å². The van der Waals surface area contributed by atoms with Gasteiger partial charge in [-0.3, -0.25) is 0 Å². The summed E-state index contributed by atoms with van der Waals surface area (Å²) < 4.78 is 44.6. The molecular formula is C14H11ClF3NO. The number of anilines is 1. The molecule has 0 atom stereocenters. The molecule has 2 nitrogen and oxygen atoms in total. The molecular weight excluding hydrogens is 291 g/mol. The standard InChI is InChI=1S/C14H11ClF3NO/c1-20-12-4-2-3-9(15)8(12)7-19-11-6-5-10(16)13(17)14(11)18/h2-6,19H,7H2,1H3. The van der Waals surface area contributed by atoms with Crippen molar-refractivity contribution in [3.63, 3.8) is 0 Å². The van der Waals surface area contributed by atoms with Crippen LogP contribution in [0.4, 0.5) is 18.9 Å². The molecule has 0 radical (unpaired) electrons. The third-order valence-electron chi connectivity index (χ3n) is 2.79. The summed E-state index contributed by atoms with van der Waals surface area (Å²) in [7, 11) is 1.48. The first kappa shape index (κ1) is 14.5. The number of benzene rings is 2. The third-order valence-corrected chi connectivity index (χ3v) is 3.14. The SMILES string of the molecule is COc1cccc(Cl)c1CNc1ccc(F)c(F)c1F. The van der Waals surface area contributed by atoms with Gasteiger partial charge in [-0.1, -0.05) is 17.7 Å². The van der Waals surface area contributed by atoms with Gasteiger partial charge in [0.05, 0.1) is 12.8 Å². The molecule has 0 fully saturated rings. The van der Waals surface area contributed by atoms with E-state index in [1.165, 1.54) is 7.11 Å². The van der Waals surface area contributed by atoms with Gasteiger partial charge in [0.2, 0.25) is 0 Å². The van der Waals surface area contributed by atoms with Gasteiger partial charge in [0.1, 0.15) is 5.75 Å². The van der Waals surface area contributed by atoms with Gasteiger partial charge in [0.15, 0.2) is 17.5 Å². The summed E-state index contributed by atoms with van der Waals surface area (Å²) in [4.78, 5) is 0. The minimum atomic E-state index is -1.51. The second-order valence-corrected chi connectivity index (χ2v) is 4.40. The Morgan fingerprint density at radius 2 is 1.85 bits per heavy atom. The van der Waals surface area contributed by atoms with E-state index < -0.39 is 17.5 Å². The summed E-state index contributed by atoms with van der Waals surface area (Å²) in [6.45, 7) is 0.116. The van der Waals surface area contributed by atoms with Crippen molar-refractivity contribution in [3.05, 3.63) is 58.4 Å².